The molecule has 2 N–H and O–H groups in total. The maximum absolute atomic E-state index is 12.1. The lowest BCUT2D eigenvalue weighted by Crippen LogP contribution is -2.13. The number of nitro benzene ring substituents is 1. The summed E-state index contributed by atoms with van der Waals surface area (Å²) in [6.07, 6.45) is 0. The van der Waals surface area contributed by atoms with Gasteiger partial charge in [-0.2, -0.15) is 0 Å². The Labute approximate surface area is 120 Å². The Morgan fingerprint density at radius 3 is 2.57 bits per heavy atom. The lowest BCUT2D eigenvalue weighted by atomic mass is 10.3. The van der Waals surface area contributed by atoms with E-state index < -0.39 is 14.9 Å². The van der Waals surface area contributed by atoms with Crippen molar-refractivity contribution in [2.45, 2.75) is 11.8 Å². The number of nitrogens with zero attached hydrogens (tertiary/aromatic N) is 2. The standard InChI is InChI=1S/C11H12N4O5S/c1-7-5-11(13-20-7)14-21(18,19)8-3-4-9(12-2)10(6-8)15(16)17/h3-6,12H,1-2H3,(H,13,14). The van der Waals surface area contributed by atoms with E-state index in [1.807, 2.05) is 0 Å². The molecule has 9 nitrogen and oxygen atoms in total. The predicted octanol–water partition coefficient (Wildman–Crippen LogP) is 1.73. The molecular formula is C11H12N4O5S. The van der Waals surface area contributed by atoms with Crippen LogP contribution in [-0.4, -0.2) is 25.5 Å². The molecule has 0 saturated heterocycles. The molecule has 2 rings (SSSR count). The van der Waals surface area contributed by atoms with E-state index in [0.29, 0.717) is 5.76 Å². The monoisotopic (exact) mass is 312 g/mol. The van der Waals surface area contributed by atoms with Gasteiger partial charge >= 0.3 is 0 Å². The van der Waals surface area contributed by atoms with E-state index in [4.69, 9.17) is 4.52 Å². The van der Waals surface area contributed by atoms with Crippen LogP contribution in [0.4, 0.5) is 17.2 Å². The molecule has 0 amide bonds. The Kier molecular flexibility index (Phi) is 3.80. The number of hydrogen-bond acceptors (Lipinski definition) is 7. The fourth-order valence-corrected chi connectivity index (χ4v) is 2.66. The SMILES string of the molecule is CNc1ccc(S(=O)(=O)Nc2cc(C)on2)cc1[N+](=O)[O-]. The van der Waals surface area contributed by atoms with E-state index in [1.165, 1.54) is 25.2 Å². The molecule has 0 aliphatic carbocycles. The van der Waals surface area contributed by atoms with Gasteiger partial charge in [-0.15, -0.1) is 0 Å². The van der Waals surface area contributed by atoms with Crippen LogP contribution in [0.2, 0.25) is 0 Å². The summed E-state index contributed by atoms with van der Waals surface area (Å²) in [6, 6.07) is 4.95. The number of sulfonamides is 1. The van der Waals surface area contributed by atoms with Gasteiger partial charge in [0.25, 0.3) is 15.7 Å². The molecule has 2 aromatic rings. The number of hydrogen-bond donors (Lipinski definition) is 2. The van der Waals surface area contributed by atoms with Gasteiger partial charge < -0.3 is 9.84 Å². The normalized spacial score (nSPS) is 11.1. The fraction of sp³-hybridized carbons (Fsp3) is 0.182. The number of nitro groups is 1. The zero-order valence-corrected chi connectivity index (χ0v) is 12.0. The highest BCUT2D eigenvalue weighted by molar-refractivity contribution is 7.92. The van der Waals surface area contributed by atoms with Crippen LogP contribution in [0.1, 0.15) is 5.76 Å². The summed E-state index contributed by atoms with van der Waals surface area (Å²) >= 11 is 0. The molecule has 0 aliphatic heterocycles. The van der Waals surface area contributed by atoms with Crippen LogP contribution in [0, 0.1) is 17.0 Å². The number of benzene rings is 1. The molecule has 1 aromatic carbocycles. The minimum atomic E-state index is -3.99. The lowest BCUT2D eigenvalue weighted by molar-refractivity contribution is -0.384. The highest BCUT2D eigenvalue weighted by Gasteiger charge is 2.22. The second-order valence-electron chi connectivity index (χ2n) is 4.11. The topological polar surface area (TPSA) is 127 Å². The summed E-state index contributed by atoms with van der Waals surface area (Å²) in [6.45, 7) is 1.61. The average molecular weight is 312 g/mol. The Morgan fingerprint density at radius 1 is 1.33 bits per heavy atom. The third kappa shape index (κ3) is 3.11. The number of rotatable bonds is 5. The van der Waals surface area contributed by atoms with Crippen molar-refractivity contribution in [3.8, 4) is 0 Å². The van der Waals surface area contributed by atoms with Crippen molar-refractivity contribution in [1.82, 2.24) is 5.16 Å². The van der Waals surface area contributed by atoms with Crippen molar-refractivity contribution in [2.75, 3.05) is 17.1 Å². The lowest BCUT2D eigenvalue weighted by Gasteiger charge is -2.07. The zero-order valence-electron chi connectivity index (χ0n) is 11.2. The van der Waals surface area contributed by atoms with E-state index in [9.17, 15) is 18.5 Å². The van der Waals surface area contributed by atoms with E-state index in [1.54, 1.807) is 6.92 Å². The third-order valence-electron chi connectivity index (χ3n) is 2.61. The Morgan fingerprint density at radius 2 is 2.05 bits per heavy atom. The number of aryl methyl sites for hydroxylation is 1. The maximum Gasteiger partial charge on any atom is 0.293 e. The Bertz CT molecular complexity index is 784. The first-order chi connectivity index (χ1) is 9.83. The van der Waals surface area contributed by atoms with E-state index in [2.05, 4.69) is 15.2 Å². The number of nitrogens with one attached hydrogen (secondary N) is 2. The molecule has 0 fully saturated rings. The minimum Gasteiger partial charge on any atom is -0.383 e. The molecule has 0 unspecified atom stereocenters. The maximum atomic E-state index is 12.1. The van der Waals surface area contributed by atoms with Crippen LogP contribution >= 0.6 is 0 Å². The molecule has 0 spiro atoms. The van der Waals surface area contributed by atoms with Crippen molar-refractivity contribution in [1.29, 1.82) is 0 Å². The second-order valence-corrected chi connectivity index (χ2v) is 5.80. The Balaban J connectivity index is 2.40. The fourth-order valence-electron chi connectivity index (χ4n) is 1.65. The summed E-state index contributed by atoms with van der Waals surface area (Å²) < 4.78 is 31.2. The summed E-state index contributed by atoms with van der Waals surface area (Å²) in [5.41, 5.74) is -0.118. The molecule has 1 aromatic heterocycles. The van der Waals surface area contributed by atoms with Crippen LogP contribution < -0.4 is 10.0 Å². The minimum absolute atomic E-state index is 0.00726. The summed E-state index contributed by atoms with van der Waals surface area (Å²) in [5.74, 6) is 0.442. The number of aromatic nitrogens is 1. The van der Waals surface area contributed by atoms with Crippen LogP contribution in [0.15, 0.2) is 33.7 Å². The molecule has 0 bridgehead atoms. The van der Waals surface area contributed by atoms with Gasteiger partial charge in [0, 0.05) is 19.2 Å². The summed E-state index contributed by atoms with van der Waals surface area (Å²) in [4.78, 5) is 10.0. The quantitative estimate of drug-likeness (QED) is 0.635. The van der Waals surface area contributed by atoms with Gasteiger partial charge in [-0.1, -0.05) is 5.16 Å². The van der Waals surface area contributed by atoms with Gasteiger partial charge in [-0.05, 0) is 19.1 Å². The highest BCUT2D eigenvalue weighted by Crippen LogP contribution is 2.27. The molecule has 0 saturated carbocycles. The molecular weight excluding hydrogens is 300 g/mol. The Hall–Kier alpha value is -2.62. The van der Waals surface area contributed by atoms with Gasteiger partial charge in [-0.25, -0.2) is 8.42 Å². The molecule has 10 heteroatoms. The largest absolute Gasteiger partial charge is 0.383 e. The van der Waals surface area contributed by atoms with Gasteiger partial charge in [0.1, 0.15) is 11.4 Å². The van der Waals surface area contributed by atoms with Gasteiger partial charge in [-0.3, -0.25) is 14.8 Å². The summed E-state index contributed by atoms with van der Waals surface area (Å²) in [5, 5.41) is 17.1. The van der Waals surface area contributed by atoms with Crippen LogP contribution in [-0.2, 0) is 10.0 Å². The molecule has 21 heavy (non-hydrogen) atoms. The predicted molar refractivity (Wildman–Crippen MR) is 74.7 cm³/mol. The van der Waals surface area contributed by atoms with Crippen LogP contribution in [0.3, 0.4) is 0 Å². The van der Waals surface area contributed by atoms with Gasteiger partial charge in [0.15, 0.2) is 5.82 Å². The highest BCUT2D eigenvalue weighted by atomic mass is 32.2. The van der Waals surface area contributed by atoms with Crippen molar-refractivity contribution < 1.29 is 17.9 Å². The molecule has 112 valence electrons. The average Bonchev–Trinajstić information content (AvgIpc) is 2.82. The zero-order chi connectivity index (χ0) is 15.6. The molecule has 0 radical (unpaired) electrons. The second kappa shape index (κ2) is 5.40. The van der Waals surface area contributed by atoms with Crippen molar-refractivity contribution in [3.63, 3.8) is 0 Å². The van der Waals surface area contributed by atoms with Gasteiger partial charge in [0.05, 0.1) is 9.82 Å². The first kappa shape index (κ1) is 14.8. The molecule has 0 aliphatic rings. The van der Waals surface area contributed by atoms with Crippen molar-refractivity contribution in [3.05, 3.63) is 40.1 Å². The van der Waals surface area contributed by atoms with Crippen LogP contribution in [0.25, 0.3) is 0 Å². The molecule has 1 heterocycles. The van der Waals surface area contributed by atoms with Crippen molar-refractivity contribution in [2.24, 2.45) is 0 Å². The van der Waals surface area contributed by atoms with E-state index >= 15 is 0 Å². The van der Waals surface area contributed by atoms with Gasteiger partial charge in [0.2, 0.25) is 0 Å². The smallest absolute Gasteiger partial charge is 0.293 e. The summed E-state index contributed by atoms with van der Waals surface area (Å²) in [7, 11) is -2.48. The van der Waals surface area contributed by atoms with Crippen molar-refractivity contribution >= 4 is 27.2 Å². The molecule has 0 atom stereocenters. The van der Waals surface area contributed by atoms with E-state index in [0.717, 1.165) is 6.07 Å². The first-order valence-corrected chi connectivity index (χ1v) is 7.24. The first-order valence-electron chi connectivity index (χ1n) is 5.76. The number of anilines is 2. The third-order valence-corrected chi connectivity index (χ3v) is 3.96. The van der Waals surface area contributed by atoms with Crippen LogP contribution in [0.5, 0.6) is 0 Å². The van der Waals surface area contributed by atoms with E-state index in [-0.39, 0.29) is 22.1 Å².